The van der Waals surface area contributed by atoms with Gasteiger partial charge in [-0.15, -0.1) is 0 Å². The Morgan fingerprint density at radius 3 is 2.79 bits per heavy atom. The van der Waals surface area contributed by atoms with Gasteiger partial charge in [0.1, 0.15) is 5.82 Å². The molecule has 3 heterocycles. The predicted octanol–water partition coefficient (Wildman–Crippen LogP) is 3.11. The van der Waals surface area contributed by atoms with E-state index in [0.29, 0.717) is 35.6 Å². The van der Waals surface area contributed by atoms with Gasteiger partial charge in [0.15, 0.2) is 0 Å². The zero-order chi connectivity index (χ0) is 20.4. The molecule has 1 aromatic carbocycles. The molecule has 0 saturated carbocycles. The highest BCUT2D eigenvalue weighted by atomic mass is 35.5. The largest absolute Gasteiger partial charge is 0.351 e. The molecule has 0 radical (unpaired) electrons. The number of benzene rings is 1. The number of anilines is 3. The third-order valence-electron chi connectivity index (χ3n) is 5.36. The fourth-order valence-corrected chi connectivity index (χ4v) is 3.99. The molecule has 0 unspecified atom stereocenters. The Hall–Kier alpha value is -2.89. The van der Waals surface area contributed by atoms with E-state index in [4.69, 9.17) is 16.9 Å². The first kappa shape index (κ1) is 19.4. The second-order valence-electron chi connectivity index (χ2n) is 7.27. The molecule has 2 aromatic rings. The highest BCUT2D eigenvalue weighted by Gasteiger charge is 2.32. The van der Waals surface area contributed by atoms with Gasteiger partial charge in [-0.2, -0.15) is 10.2 Å². The number of nitrogens with one attached hydrogen (secondary N) is 1. The molecule has 4 rings (SSSR count). The van der Waals surface area contributed by atoms with Crippen LogP contribution >= 0.6 is 11.6 Å². The van der Waals surface area contributed by atoms with Gasteiger partial charge in [0.05, 0.1) is 29.9 Å². The number of nitriles is 1. The zero-order valence-corrected chi connectivity index (χ0v) is 16.9. The molecule has 2 amide bonds. The summed E-state index contributed by atoms with van der Waals surface area (Å²) in [6.07, 6.45) is 3.62. The maximum atomic E-state index is 12.9. The molecule has 0 aliphatic carbocycles. The Morgan fingerprint density at radius 2 is 2.07 bits per heavy atom. The maximum Gasteiger partial charge on any atom is 0.330 e. The fourth-order valence-electron chi connectivity index (χ4n) is 3.76. The van der Waals surface area contributed by atoms with E-state index >= 15 is 0 Å². The Balaban J connectivity index is 1.49. The average Bonchev–Trinajstić information content (AvgIpc) is 2.73. The van der Waals surface area contributed by atoms with Crippen LogP contribution in [0, 0.1) is 11.3 Å². The summed E-state index contributed by atoms with van der Waals surface area (Å²) in [5, 5.41) is 12.7. The average molecular weight is 412 g/mol. The lowest BCUT2D eigenvalue weighted by Gasteiger charge is -2.35. The van der Waals surface area contributed by atoms with Gasteiger partial charge in [-0.05, 0) is 25.0 Å². The quantitative estimate of drug-likeness (QED) is 0.777. The van der Waals surface area contributed by atoms with Crippen LogP contribution in [0.3, 0.4) is 0 Å². The lowest BCUT2D eigenvalue weighted by Crippen LogP contribution is -2.46. The van der Waals surface area contributed by atoms with Crippen LogP contribution in [0.2, 0.25) is 5.02 Å². The number of para-hydroxylation sites is 1. The number of halogens is 1. The number of hydrogen-bond acceptors (Lipinski definition) is 6. The Morgan fingerprint density at radius 1 is 1.31 bits per heavy atom. The highest BCUT2D eigenvalue weighted by molar-refractivity contribution is 6.34. The summed E-state index contributed by atoms with van der Waals surface area (Å²) in [6.45, 7) is 2.59. The third kappa shape index (κ3) is 3.97. The summed E-state index contributed by atoms with van der Waals surface area (Å²) in [4.78, 5) is 27.3. The molecule has 1 N–H and O–H groups in total. The number of rotatable bonds is 4. The minimum Gasteiger partial charge on any atom is -0.351 e. The van der Waals surface area contributed by atoms with Crippen LogP contribution in [0.15, 0.2) is 30.5 Å². The summed E-state index contributed by atoms with van der Waals surface area (Å²) >= 11 is 6.29. The molecule has 0 spiro atoms. The molecule has 0 bridgehead atoms. The lowest BCUT2D eigenvalue weighted by molar-refractivity contribution is 0.242. The topological polar surface area (TPSA) is 88.4 Å². The van der Waals surface area contributed by atoms with Crippen molar-refractivity contribution >= 4 is 35.1 Å². The molecule has 0 atom stereocenters. The van der Waals surface area contributed by atoms with Crippen molar-refractivity contribution in [2.24, 2.45) is 0 Å². The predicted molar refractivity (Wildman–Crippen MR) is 112 cm³/mol. The van der Waals surface area contributed by atoms with Gasteiger partial charge in [0, 0.05) is 37.9 Å². The van der Waals surface area contributed by atoms with Crippen LogP contribution in [0.5, 0.6) is 0 Å². The molecular formula is C20H22ClN7O. The summed E-state index contributed by atoms with van der Waals surface area (Å²) < 4.78 is 0. The first-order chi connectivity index (χ1) is 14.1. The Labute approximate surface area is 174 Å². The third-order valence-corrected chi connectivity index (χ3v) is 5.68. The molecule has 8 nitrogen and oxygen atoms in total. The van der Waals surface area contributed by atoms with Gasteiger partial charge in [-0.25, -0.2) is 9.78 Å². The molecule has 9 heteroatoms. The molecular weight excluding hydrogens is 390 g/mol. The monoisotopic (exact) mass is 411 g/mol. The van der Waals surface area contributed by atoms with Gasteiger partial charge < -0.3 is 5.32 Å². The fraction of sp³-hybridized carbons (Fsp3) is 0.400. The summed E-state index contributed by atoms with van der Waals surface area (Å²) in [6, 6.07) is 9.56. The molecule has 1 aromatic heterocycles. The van der Waals surface area contributed by atoms with Gasteiger partial charge in [0.2, 0.25) is 5.95 Å². The number of urea groups is 1. The minimum absolute atomic E-state index is 0.180. The first-order valence-corrected chi connectivity index (χ1v) is 9.96. The Kier molecular flexibility index (Phi) is 5.51. The molecule has 2 aliphatic rings. The number of fused-ring (bicyclic) bond motifs is 1. The van der Waals surface area contributed by atoms with Crippen molar-refractivity contribution in [1.29, 1.82) is 5.26 Å². The van der Waals surface area contributed by atoms with Gasteiger partial charge in [0.25, 0.3) is 0 Å². The smallest absolute Gasteiger partial charge is 0.330 e. The zero-order valence-electron chi connectivity index (χ0n) is 16.2. The van der Waals surface area contributed by atoms with Crippen molar-refractivity contribution < 1.29 is 4.79 Å². The van der Waals surface area contributed by atoms with Crippen molar-refractivity contribution in [1.82, 2.24) is 14.9 Å². The van der Waals surface area contributed by atoms with E-state index in [1.165, 1.54) is 4.90 Å². The number of nitrogens with zero attached hydrogens (tertiary/aromatic N) is 6. The molecule has 29 heavy (non-hydrogen) atoms. The van der Waals surface area contributed by atoms with Crippen molar-refractivity contribution in [2.45, 2.75) is 25.4 Å². The normalized spacial score (nSPS) is 17.8. The van der Waals surface area contributed by atoms with Crippen molar-refractivity contribution in [3.8, 4) is 6.07 Å². The van der Waals surface area contributed by atoms with Crippen molar-refractivity contribution in [2.75, 3.05) is 41.8 Å². The number of aromatic nitrogens is 2. The second-order valence-corrected chi connectivity index (χ2v) is 7.68. The van der Waals surface area contributed by atoms with Gasteiger partial charge in [-0.1, -0.05) is 23.7 Å². The van der Waals surface area contributed by atoms with Crippen LogP contribution in [0.4, 0.5) is 22.2 Å². The minimum atomic E-state index is -0.180. The van der Waals surface area contributed by atoms with E-state index in [1.54, 1.807) is 24.2 Å². The van der Waals surface area contributed by atoms with Crippen molar-refractivity contribution in [3.63, 3.8) is 0 Å². The number of carbonyl (C=O) groups is 1. The van der Waals surface area contributed by atoms with Crippen LogP contribution < -0.4 is 15.1 Å². The van der Waals surface area contributed by atoms with Gasteiger partial charge in [-0.3, -0.25) is 14.7 Å². The molecule has 150 valence electrons. The standard InChI is InChI=1S/C20H22ClN7O/c1-26-18-14(13-28(20(26)29)17-5-3-2-4-16(17)21)12-23-19(25-18)24-15-6-9-27(10-7-15)11-8-22/h2-5,12,15H,6-7,9-11,13H2,1H3,(H,23,24,25). The Bertz CT molecular complexity index is 952. The second kappa shape index (κ2) is 8.23. The van der Waals surface area contributed by atoms with E-state index in [9.17, 15) is 4.79 Å². The maximum absolute atomic E-state index is 12.9. The van der Waals surface area contributed by atoms with Crippen LogP contribution in [-0.4, -0.2) is 53.6 Å². The van der Waals surface area contributed by atoms with Crippen LogP contribution in [-0.2, 0) is 6.54 Å². The van der Waals surface area contributed by atoms with E-state index in [-0.39, 0.29) is 12.1 Å². The molecule has 2 aliphatic heterocycles. The van der Waals surface area contributed by atoms with E-state index in [2.05, 4.69) is 26.3 Å². The first-order valence-electron chi connectivity index (χ1n) is 9.58. The van der Waals surface area contributed by atoms with E-state index < -0.39 is 0 Å². The highest BCUT2D eigenvalue weighted by Crippen LogP contribution is 2.33. The van der Waals surface area contributed by atoms with Crippen LogP contribution in [0.1, 0.15) is 18.4 Å². The lowest BCUT2D eigenvalue weighted by atomic mass is 10.1. The van der Waals surface area contributed by atoms with Crippen LogP contribution in [0.25, 0.3) is 0 Å². The molecule has 1 saturated heterocycles. The summed E-state index contributed by atoms with van der Waals surface area (Å²) in [5.41, 5.74) is 1.53. The van der Waals surface area contributed by atoms with E-state index in [0.717, 1.165) is 31.5 Å². The number of likely N-dealkylation sites (tertiary alicyclic amines) is 1. The number of amides is 2. The number of carbonyl (C=O) groups excluding carboxylic acids is 1. The number of piperidine rings is 1. The SMILES string of the molecule is CN1C(=O)N(c2ccccc2Cl)Cc2cnc(NC3CCN(CC#N)CC3)nc21. The number of hydrogen-bond donors (Lipinski definition) is 1. The summed E-state index contributed by atoms with van der Waals surface area (Å²) in [7, 11) is 1.71. The van der Waals surface area contributed by atoms with E-state index in [1.807, 2.05) is 18.2 Å². The summed E-state index contributed by atoms with van der Waals surface area (Å²) in [5.74, 6) is 1.13. The van der Waals surface area contributed by atoms with Gasteiger partial charge >= 0.3 is 6.03 Å². The molecule has 1 fully saturated rings. The van der Waals surface area contributed by atoms with Crippen molar-refractivity contribution in [3.05, 3.63) is 41.0 Å².